The molecule has 0 fully saturated rings. The predicted molar refractivity (Wildman–Crippen MR) is 94.0 cm³/mol. The Morgan fingerprint density at radius 2 is 2.00 bits per heavy atom. The van der Waals surface area contributed by atoms with Gasteiger partial charge >= 0.3 is 6.36 Å². The number of anilines is 1. The molecule has 0 saturated carbocycles. The van der Waals surface area contributed by atoms with Gasteiger partial charge in [-0.2, -0.15) is 0 Å². The van der Waals surface area contributed by atoms with E-state index in [0.29, 0.717) is 6.54 Å². The highest BCUT2D eigenvalue weighted by Crippen LogP contribution is 2.30. The van der Waals surface area contributed by atoms with Crippen molar-refractivity contribution in [1.82, 2.24) is 4.90 Å². The molecule has 2 rings (SSSR count). The lowest BCUT2D eigenvalue weighted by molar-refractivity contribution is -0.274. The normalized spacial score (nSPS) is 13.8. The van der Waals surface area contributed by atoms with E-state index >= 15 is 0 Å². The van der Waals surface area contributed by atoms with Crippen molar-refractivity contribution in [2.75, 3.05) is 26.0 Å². The summed E-state index contributed by atoms with van der Waals surface area (Å²) >= 11 is 1.61. The zero-order chi connectivity index (χ0) is 18.4. The molecule has 0 aliphatic heterocycles. The summed E-state index contributed by atoms with van der Waals surface area (Å²) in [6.45, 7) is 0.370. The topological polar surface area (TPSA) is 62.9 Å². The van der Waals surface area contributed by atoms with Gasteiger partial charge in [-0.1, -0.05) is 18.2 Å². The quantitative estimate of drug-likeness (QED) is 0.600. The van der Waals surface area contributed by atoms with Crippen molar-refractivity contribution < 1.29 is 17.9 Å². The molecule has 5 nitrogen and oxygen atoms in total. The average molecular weight is 372 g/mol. The van der Waals surface area contributed by atoms with Gasteiger partial charge in [0, 0.05) is 4.88 Å². The summed E-state index contributed by atoms with van der Waals surface area (Å²) in [7, 11) is 3.85. The van der Waals surface area contributed by atoms with Gasteiger partial charge in [0.05, 0.1) is 18.3 Å². The van der Waals surface area contributed by atoms with E-state index in [1.807, 2.05) is 36.5 Å². The van der Waals surface area contributed by atoms with Crippen molar-refractivity contribution in [2.24, 2.45) is 10.7 Å². The van der Waals surface area contributed by atoms with Gasteiger partial charge in [0.1, 0.15) is 0 Å². The van der Waals surface area contributed by atoms with Crippen molar-refractivity contribution in [2.45, 2.75) is 12.4 Å². The molecule has 0 bridgehead atoms. The largest absolute Gasteiger partial charge is 0.573 e. The average Bonchev–Trinajstić information content (AvgIpc) is 3.02. The first-order chi connectivity index (χ1) is 11.8. The lowest BCUT2D eigenvalue weighted by Crippen LogP contribution is -2.27. The Hall–Kier alpha value is -2.26. The second kappa shape index (κ2) is 8.21. The highest BCUT2D eigenvalue weighted by molar-refractivity contribution is 7.10. The third-order valence-electron chi connectivity index (χ3n) is 3.31. The van der Waals surface area contributed by atoms with Gasteiger partial charge in [-0.05, 0) is 37.7 Å². The van der Waals surface area contributed by atoms with E-state index in [9.17, 15) is 13.2 Å². The van der Waals surface area contributed by atoms with Gasteiger partial charge in [-0.3, -0.25) is 4.99 Å². The number of alkyl halides is 3. The fourth-order valence-corrected chi connectivity index (χ4v) is 3.05. The second-order valence-corrected chi connectivity index (χ2v) is 6.37. The first kappa shape index (κ1) is 19.1. The zero-order valence-corrected chi connectivity index (χ0v) is 14.6. The summed E-state index contributed by atoms with van der Waals surface area (Å²) in [4.78, 5) is 7.38. The molecular formula is C16H19F3N4OS. The van der Waals surface area contributed by atoms with Gasteiger partial charge in [0.25, 0.3) is 0 Å². The molecule has 0 radical (unpaired) electrons. The molecule has 1 heterocycles. The van der Waals surface area contributed by atoms with Gasteiger partial charge < -0.3 is 20.7 Å². The molecule has 1 aromatic carbocycles. The van der Waals surface area contributed by atoms with E-state index in [2.05, 4.69) is 15.0 Å². The third kappa shape index (κ3) is 5.95. The first-order valence-corrected chi connectivity index (χ1v) is 8.26. The molecule has 0 amide bonds. The van der Waals surface area contributed by atoms with E-state index in [4.69, 9.17) is 5.73 Å². The molecule has 1 atom stereocenters. The SMILES string of the molecule is CN(C)C(CN=C(N)Nc1ccccc1OC(F)(F)F)c1cccs1. The van der Waals surface area contributed by atoms with Crippen molar-refractivity contribution >= 4 is 23.0 Å². The molecule has 136 valence electrons. The lowest BCUT2D eigenvalue weighted by atomic mass is 10.2. The Kier molecular flexibility index (Phi) is 6.27. The van der Waals surface area contributed by atoms with Gasteiger partial charge in [0.15, 0.2) is 11.7 Å². The number of rotatable bonds is 6. The minimum Gasteiger partial charge on any atom is -0.404 e. The summed E-state index contributed by atoms with van der Waals surface area (Å²) < 4.78 is 41.3. The second-order valence-electron chi connectivity index (χ2n) is 5.39. The number of hydrogen-bond donors (Lipinski definition) is 2. The molecule has 1 aromatic heterocycles. The number of benzene rings is 1. The maximum Gasteiger partial charge on any atom is 0.573 e. The van der Waals surface area contributed by atoms with Crippen LogP contribution in [0.5, 0.6) is 5.75 Å². The predicted octanol–water partition coefficient (Wildman–Crippen LogP) is 3.68. The number of nitrogens with zero attached hydrogens (tertiary/aromatic N) is 2. The molecule has 0 saturated heterocycles. The van der Waals surface area contributed by atoms with Crippen molar-refractivity contribution in [3.8, 4) is 5.75 Å². The Morgan fingerprint density at radius 1 is 1.28 bits per heavy atom. The summed E-state index contributed by atoms with van der Waals surface area (Å²) in [6.07, 6.45) is -4.78. The van der Waals surface area contributed by atoms with Gasteiger partial charge in [0.2, 0.25) is 0 Å². The van der Waals surface area contributed by atoms with Crippen LogP contribution in [0, 0.1) is 0 Å². The van der Waals surface area contributed by atoms with Gasteiger partial charge in [-0.25, -0.2) is 0 Å². The Balaban J connectivity index is 2.09. The van der Waals surface area contributed by atoms with Crippen LogP contribution in [0.2, 0.25) is 0 Å². The highest BCUT2D eigenvalue weighted by Gasteiger charge is 2.32. The van der Waals surface area contributed by atoms with E-state index in [-0.39, 0.29) is 23.4 Å². The molecule has 2 aromatic rings. The van der Waals surface area contributed by atoms with E-state index in [1.165, 1.54) is 18.2 Å². The smallest absolute Gasteiger partial charge is 0.404 e. The number of aliphatic imine (C=N–C) groups is 1. The van der Waals surface area contributed by atoms with E-state index in [1.54, 1.807) is 17.4 Å². The molecule has 3 N–H and O–H groups in total. The zero-order valence-electron chi connectivity index (χ0n) is 13.7. The maximum atomic E-state index is 12.4. The molecule has 0 spiro atoms. The maximum absolute atomic E-state index is 12.4. The standard InChI is InChI=1S/C16H19F3N4OS/c1-23(2)12(14-8-5-9-25-14)10-21-15(20)22-11-6-3-4-7-13(11)24-16(17,18)19/h3-9,12H,10H2,1-2H3,(H3,20,21,22). The van der Waals surface area contributed by atoms with Crippen molar-refractivity contribution in [3.63, 3.8) is 0 Å². The number of thiophene rings is 1. The van der Waals surface area contributed by atoms with Crippen LogP contribution in [0.1, 0.15) is 10.9 Å². The summed E-state index contributed by atoms with van der Waals surface area (Å²) in [5.74, 6) is -0.350. The van der Waals surface area contributed by atoms with Crippen LogP contribution < -0.4 is 15.8 Å². The number of hydrogen-bond acceptors (Lipinski definition) is 4. The number of likely N-dealkylation sites (N-methyl/N-ethyl adjacent to an activating group) is 1. The highest BCUT2D eigenvalue weighted by atomic mass is 32.1. The van der Waals surface area contributed by atoms with Gasteiger partial charge in [-0.15, -0.1) is 24.5 Å². The molecule has 1 unspecified atom stereocenters. The van der Waals surface area contributed by atoms with Crippen LogP contribution in [-0.4, -0.2) is 37.9 Å². The summed E-state index contributed by atoms with van der Waals surface area (Å²) in [5, 5.41) is 4.63. The van der Waals surface area contributed by atoms with Crippen LogP contribution in [0.4, 0.5) is 18.9 Å². The monoisotopic (exact) mass is 372 g/mol. The summed E-state index contributed by atoms with van der Waals surface area (Å²) in [5.41, 5.74) is 5.92. The molecule has 0 aliphatic rings. The number of halogens is 3. The number of nitrogens with two attached hydrogens (primary N) is 1. The number of nitrogens with one attached hydrogen (secondary N) is 1. The third-order valence-corrected chi connectivity index (χ3v) is 4.28. The molecule has 25 heavy (non-hydrogen) atoms. The number of guanidine groups is 1. The fraction of sp³-hybridized carbons (Fsp3) is 0.312. The van der Waals surface area contributed by atoms with E-state index in [0.717, 1.165) is 4.88 Å². The Morgan fingerprint density at radius 3 is 2.60 bits per heavy atom. The number of ether oxygens (including phenoxy) is 1. The van der Waals surface area contributed by atoms with Crippen LogP contribution in [0.15, 0.2) is 46.8 Å². The number of para-hydroxylation sites is 2. The fourth-order valence-electron chi connectivity index (χ4n) is 2.13. The lowest BCUT2D eigenvalue weighted by Gasteiger charge is -2.21. The minimum absolute atomic E-state index is 0.0154. The molecule has 9 heteroatoms. The van der Waals surface area contributed by atoms with Crippen molar-refractivity contribution in [3.05, 3.63) is 46.7 Å². The van der Waals surface area contributed by atoms with Crippen LogP contribution in [0.3, 0.4) is 0 Å². The Bertz CT molecular complexity index is 702. The van der Waals surface area contributed by atoms with Crippen LogP contribution >= 0.6 is 11.3 Å². The Labute approximate surface area is 147 Å². The molecular weight excluding hydrogens is 353 g/mol. The van der Waals surface area contributed by atoms with Crippen LogP contribution in [0.25, 0.3) is 0 Å². The summed E-state index contributed by atoms with van der Waals surface area (Å²) in [6, 6.07) is 9.64. The first-order valence-electron chi connectivity index (χ1n) is 7.38. The van der Waals surface area contributed by atoms with Crippen LogP contribution in [-0.2, 0) is 0 Å². The van der Waals surface area contributed by atoms with E-state index < -0.39 is 6.36 Å². The molecule has 0 aliphatic carbocycles. The minimum atomic E-state index is -4.78. The van der Waals surface area contributed by atoms with Crippen molar-refractivity contribution in [1.29, 1.82) is 0 Å².